The van der Waals surface area contributed by atoms with E-state index in [1.54, 1.807) is 18.7 Å². The molecule has 3 aromatic heterocycles. The highest BCUT2D eigenvalue weighted by molar-refractivity contribution is 5.96. The minimum absolute atomic E-state index is 0.0656. The summed E-state index contributed by atoms with van der Waals surface area (Å²) in [5, 5.41) is 0. The topological polar surface area (TPSA) is 85.6 Å². The number of carbonyl (C=O) groups is 1. The summed E-state index contributed by atoms with van der Waals surface area (Å²) in [4.78, 5) is 31.0. The van der Waals surface area contributed by atoms with Gasteiger partial charge in [-0.15, -0.1) is 0 Å². The average molecular weight is 422 g/mol. The molecule has 0 unspecified atom stereocenters. The Labute approximate surface area is 180 Å². The van der Waals surface area contributed by atoms with Crippen LogP contribution >= 0.6 is 0 Å². The monoisotopic (exact) mass is 422 g/mol. The SMILES string of the molecule is Cn1cnc2cc(C(=O)N3CCO[C@@H](CN4CCOCC4)[C@@H]3c3cccnc3)cnc21. The van der Waals surface area contributed by atoms with Gasteiger partial charge in [0.2, 0.25) is 0 Å². The average Bonchev–Trinajstić information content (AvgIpc) is 3.20. The molecule has 0 saturated carbocycles. The smallest absolute Gasteiger partial charge is 0.256 e. The Morgan fingerprint density at radius 1 is 1.16 bits per heavy atom. The van der Waals surface area contributed by atoms with Gasteiger partial charge < -0.3 is 18.9 Å². The Morgan fingerprint density at radius 3 is 2.84 bits per heavy atom. The lowest BCUT2D eigenvalue weighted by Crippen LogP contribution is -2.53. The molecule has 162 valence electrons. The van der Waals surface area contributed by atoms with Crippen LogP contribution in [0.4, 0.5) is 0 Å². The highest BCUT2D eigenvalue weighted by atomic mass is 16.5. The summed E-state index contributed by atoms with van der Waals surface area (Å²) in [5.41, 5.74) is 2.98. The molecular formula is C22H26N6O3. The molecule has 2 saturated heterocycles. The van der Waals surface area contributed by atoms with Crippen LogP contribution in [0.3, 0.4) is 0 Å². The molecule has 5 heterocycles. The second kappa shape index (κ2) is 8.70. The molecule has 0 bridgehead atoms. The fraction of sp³-hybridized carbons (Fsp3) is 0.455. The van der Waals surface area contributed by atoms with Crippen molar-refractivity contribution in [2.75, 3.05) is 46.0 Å². The zero-order chi connectivity index (χ0) is 21.2. The molecule has 3 aromatic rings. The van der Waals surface area contributed by atoms with Crippen molar-refractivity contribution in [1.29, 1.82) is 0 Å². The highest BCUT2D eigenvalue weighted by Gasteiger charge is 2.38. The minimum Gasteiger partial charge on any atom is -0.379 e. The fourth-order valence-corrected chi connectivity index (χ4v) is 4.40. The maximum atomic E-state index is 13.6. The van der Waals surface area contributed by atoms with Gasteiger partial charge >= 0.3 is 0 Å². The van der Waals surface area contributed by atoms with Crippen molar-refractivity contribution in [3.05, 3.63) is 54.2 Å². The van der Waals surface area contributed by atoms with E-state index >= 15 is 0 Å². The number of hydrogen-bond donors (Lipinski definition) is 0. The number of nitrogens with zero attached hydrogens (tertiary/aromatic N) is 6. The van der Waals surface area contributed by atoms with Gasteiger partial charge in [-0.2, -0.15) is 0 Å². The number of pyridine rings is 2. The van der Waals surface area contributed by atoms with E-state index in [2.05, 4.69) is 19.9 Å². The summed E-state index contributed by atoms with van der Waals surface area (Å²) in [6.45, 7) is 4.94. The first-order valence-corrected chi connectivity index (χ1v) is 10.6. The van der Waals surface area contributed by atoms with E-state index in [-0.39, 0.29) is 18.1 Å². The Morgan fingerprint density at radius 2 is 2.03 bits per heavy atom. The Balaban J connectivity index is 1.46. The minimum atomic E-state index is -0.225. The second-order valence-electron chi connectivity index (χ2n) is 7.97. The maximum absolute atomic E-state index is 13.6. The third kappa shape index (κ3) is 4.04. The predicted octanol–water partition coefficient (Wildman–Crippen LogP) is 1.28. The first kappa shape index (κ1) is 20.0. The van der Waals surface area contributed by atoms with Crippen molar-refractivity contribution in [2.24, 2.45) is 7.05 Å². The third-order valence-corrected chi connectivity index (χ3v) is 5.98. The van der Waals surface area contributed by atoms with Gasteiger partial charge in [0.05, 0.1) is 43.9 Å². The number of rotatable bonds is 4. The van der Waals surface area contributed by atoms with Crippen molar-refractivity contribution in [1.82, 2.24) is 29.3 Å². The molecule has 0 N–H and O–H groups in total. The van der Waals surface area contributed by atoms with Crippen LogP contribution < -0.4 is 0 Å². The van der Waals surface area contributed by atoms with Crippen molar-refractivity contribution >= 4 is 17.1 Å². The molecule has 2 atom stereocenters. The van der Waals surface area contributed by atoms with Gasteiger partial charge in [0.1, 0.15) is 5.52 Å². The molecule has 2 aliphatic heterocycles. The Kier molecular flexibility index (Phi) is 5.63. The van der Waals surface area contributed by atoms with E-state index in [0.717, 1.165) is 44.1 Å². The number of fused-ring (bicyclic) bond motifs is 1. The van der Waals surface area contributed by atoms with Gasteiger partial charge in [-0.1, -0.05) is 6.07 Å². The van der Waals surface area contributed by atoms with Gasteiger partial charge in [0, 0.05) is 51.8 Å². The van der Waals surface area contributed by atoms with Gasteiger partial charge in [-0.25, -0.2) is 9.97 Å². The molecule has 0 radical (unpaired) electrons. The molecule has 5 rings (SSSR count). The number of hydrogen-bond acceptors (Lipinski definition) is 7. The summed E-state index contributed by atoms with van der Waals surface area (Å²) >= 11 is 0. The van der Waals surface area contributed by atoms with Crippen LogP contribution in [0, 0.1) is 0 Å². The molecular weight excluding hydrogens is 396 g/mol. The van der Waals surface area contributed by atoms with Crippen molar-refractivity contribution in [3.63, 3.8) is 0 Å². The lowest BCUT2D eigenvalue weighted by molar-refractivity contribution is -0.0819. The van der Waals surface area contributed by atoms with Crippen LogP contribution in [0.2, 0.25) is 0 Å². The predicted molar refractivity (Wildman–Crippen MR) is 114 cm³/mol. The molecule has 31 heavy (non-hydrogen) atoms. The number of morpholine rings is 2. The van der Waals surface area contributed by atoms with Crippen LogP contribution in [0.25, 0.3) is 11.2 Å². The second-order valence-corrected chi connectivity index (χ2v) is 7.97. The summed E-state index contributed by atoms with van der Waals surface area (Å²) in [6, 6.07) is 5.51. The van der Waals surface area contributed by atoms with Gasteiger partial charge in [-0.05, 0) is 17.7 Å². The summed E-state index contributed by atoms with van der Waals surface area (Å²) in [6.07, 6.45) is 6.77. The number of amides is 1. The van der Waals surface area contributed by atoms with Crippen LogP contribution in [-0.4, -0.2) is 87.3 Å². The van der Waals surface area contributed by atoms with Crippen LogP contribution in [0.1, 0.15) is 22.0 Å². The highest BCUT2D eigenvalue weighted by Crippen LogP contribution is 2.31. The van der Waals surface area contributed by atoms with E-state index in [4.69, 9.17) is 9.47 Å². The first-order valence-electron chi connectivity index (χ1n) is 10.6. The molecule has 1 amide bonds. The maximum Gasteiger partial charge on any atom is 0.256 e. The van der Waals surface area contributed by atoms with Crippen molar-refractivity contribution < 1.29 is 14.3 Å². The summed E-state index contributed by atoms with van der Waals surface area (Å²) in [7, 11) is 1.89. The number of aromatic nitrogens is 4. The van der Waals surface area contributed by atoms with Gasteiger partial charge in [0.15, 0.2) is 5.65 Å². The van der Waals surface area contributed by atoms with E-state index in [1.165, 1.54) is 0 Å². The van der Waals surface area contributed by atoms with Crippen LogP contribution in [0.15, 0.2) is 43.1 Å². The quantitative estimate of drug-likeness (QED) is 0.626. The first-order chi connectivity index (χ1) is 15.2. The largest absolute Gasteiger partial charge is 0.379 e. The van der Waals surface area contributed by atoms with E-state index in [1.807, 2.05) is 40.9 Å². The number of aryl methyl sites for hydroxylation is 1. The van der Waals surface area contributed by atoms with E-state index < -0.39 is 0 Å². The normalized spacial score (nSPS) is 22.7. The van der Waals surface area contributed by atoms with Crippen molar-refractivity contribution in [3.8, 4) is 0 Å². The van der Waals surface area contributed by atoms with E-state index in [0.29, 0.717) is 24.2 Å². The molecule has 0 aliphatic carbocycles. The molecule has 9 nitrogen and oxygen atoms in total. The standard InChI is InChI=1S/C22H26N6O3/c1-26-15-25-18-11-17(13-24-21(18)26)22(29)28-7-10-31-19(14-27-5-8-30-9-6-27)20(28)16-3-2-4-23-12-16/h2-4,11-13,15,19-20H,5-10,14H2,1H3/t19-,20-/m0/s1. The molecule has 2 aliphatic rings. The Hall–Kier alpha value is -2.88. The van der Waals surface area contributed by atoms with Crippen LogP contribution in [0.5, 0.6) is 0 Å². The summed E-state index contributed by atoms with van der Waals surface area (Å²) < 4.78 is 13.5. The Bertz CT molecular complexity index is 1050. The molecule has 9 heteroatoms. The van der Waals surface area contributed by atoms with Crippen molar-refractivity contribution in [2.45, 2.75) is 12.1 Å². The number of carbonyl (C=O) groups excluding carboxylic acids is 1. The molecule has 0 aromatic carbocycles. The summed E-state index contributed by atoms with van der Waals surface area (Å²) in [5.74, 6) is -0.0656. The zero-order valence-corrected chi connectivity index (χ0v) is 17.6. The fourth-order valence-electron chi connectivity index (χ4n) is 4.40. The number of ether oxygens (including phenoxy) is 2. The van der Waals surface area contributed by atoms with Gasteiger partial charge in [-0.3, -0.25) is 14.7 Å². The number of imidazole rings is 1. The lowest BCUT2D eigenvalue weighted by Gasteiger charge is -2.43. The third-order valence-electron chi connectivity index (χ3n) is 5.98. The lowest BCUT2D eigenvalue weighted by atomic mass is 9.98. The molecule has 2 fully saturated rings. The molecule has 0 spiro atoms. The van der Waals surface area contributed by atoms with Crippen LogP contribution in [-0.2, 0) is 16.5 Å². The zero-order valence-electron chi connectivity index (χ0n) is 17.6. The van der Waals surface area contributed by atoms with E-state index in [9.17, 15) is 4.79 Å². The van der Waals surface area contributed by atoms with Gasteiger partial charge in [0.25, 0.3) is 5.91 Å².